The fourth-order valence-electron chi connectivity index (χ4n) is 1.92. The van der Waals surface area contributed by atoms with Crippen molar-refractivity contribution >= 4 is 17.7 Å². The summed E-state index contributed by atoms with van der Waals surface area (Å²) < 4.78 is 37.0. The van der Waals surface area contributed by atoms with E-state index in [9.17, 15) is 18.0 Å². The Hall–Kier alpha value is -2.06. The molecule has 2 atom stereocenters. The zero-order valence-corrected chi connectivity index (χ0v) is 11.6. The molecule has 21 heavy (non-hydrogen) atoms. The zero-order chi connectivity index (χ0) is 15.6. The third-order valence-electron chi connectivity index (χ3n) is 3.22. The van der Waals surface area contributed by atoms with Crippen molar-refractivity contribution in [2.24, 2.45) is 11.8 Å². The van der Waals surface area contributed by atoms with Gasteiger partial charge < -0.3 is 10.2 Å². The molecule has 1 aromatic rings. The molecule has 2 N–H and O–H groups in total. The van der Waals surface area contributed by atoms with Crippen LogP contribution in [0.2, 0.25) is 0 Å². The summed E-state index contributed by atoms with van der Waals surface area (Å²) in [5.41, 5.74) is 0. The van der Waals surface area contributed by atoms with E-state index < -0.39 is 24.0 Å². The molecule has 1 saturated carbocycles. The van der Waals surface area contributed by atoms with Crippen molar-refractivity contribution in [2.45, 2.75) is 12.6 Å². The van der Waals surface area contributed by atoms with Gasteiger partial charge in [-0.2, -0.15) is 13.2 Å². The number of anilines is 2. The molecule has 1 aliphatic rings. The smallest absolute Gasteiger partial charge is 0.363 e. The lowest BCUT2D eigenvalue weighted by Gasteiger charge is -2.12. The number of amides is 2. The maximum Gasteiger partial charge on any atom is 0.392 e. The maximum absolute atomic E-state index is 12.3. The summed E-state index contributed by atoms with van der Waals surface area (Å²) in [5.74, 6) is -0.926. The summed E-state index contributed by atoms with van der Waals surface area (Å²) in [6.45, 7) is 0.00162. The molecule has 0 unspecified atom stereocenters. The van der Waals surface area contributed by atoms with Crippen LogP contribution in [0.25, 0.3) is 0 Å². The van der Waals surface area contributed by atoms with Gasteiger partial charge in [-0.25, -0.2) is 14.8 Å². The Morgan fingerprint density at radius 1 is 1.43 bits per heavy atom. The third-order valence-corrected chi connectivity index (χ3v) is 3.22. The van der Waals surface area contributed by atoms with E-state index in [4.69, 9.17) is 0 Å². The number of halogens is 3. The highest BCUT2D eigenvalue weighted by Gasteiger charge is 2.55. The summed E-state index contributed by atoms with van der Waals surface area (Å²) >= 11 is 0. The molecule has 6 nitrogen and oxygen atoms in total. The number of carbonyl (C=O) groups is 1. The SMILES string of the molecule is CN(C)c1cc(NC(=O)NC[C@@H]2C[C@H]2C(F)(F)F)ncn1. The molecule has 2 rings (SSSR count). The second-order valence-corrected chi connectivity index (χ2v) is 5.13. The number of rotatable bonds is 4. The van der Waals surface area contributed by atoms with Gasteiger partial charge in [0.2, 0.25) is 0 Å². The van der Waals surface area contributed by atoms with Crippen LogP contribution in [0.4, 0.5) is 29.6 Å². The molecule has 0 saturated heterocycles. The lowest BCUT2D eigenvalue weighted by Crippen LogP contribution is -2.31. The number of nitrogens with one attached hydrogen (secondary N) is 2. The minimum atomic E-state index is -4.17. The number of hydrogen-bond donors (Lipinski definition) is 2. The van der Waals surface area contributed by atoms with Crippen molar-refractivity contribution in [2.75, 3.05) is 30.9 Å². The summed E-state index contributed by atoms with van der Waals surface area (Å²) in [6, 6.07) is 0.987. The molecule has 1 aromatic heterocycles. The highest BCUT2D eigenvalue weighted by Crippen LogP contribution is 2.49. The fourth-order valence-corrected chi connectivity index (χ4v) is 1.92. The Morgan fingerprint density at radius 3 is 2.71 bits per heavy atom. The molecule has 0 aliphatic heterocycles. The predicted molar refractivity (Wildman–Crippen MR) is 71.0 cm³/mol. The van der Waals surface area contributed by atoms with Crippen LogP contribution < -0.4 is 15.5 Å². The number of carbonyl (C=O) groups excluding carboxylic acids is 1. The number of urea groups is 1. The summed E-state index contributed by atoms with van der Waals surface area (Å²) in [7, 11) is 3.58. The Morgan fingerprint density at radius 2 is 2.14 bits per heavy atom. The monoisotopic (exact) mass is 303 g/mol. The first-order valence-corrected chi connectivity index (χ1v) is 6.38. The van der Waals surface area contributed by atoms with Crippen LogP contribution in [-0.2, 0) is 0 Å². The van der Waals surface area contributed by atoms with Gasteiger partial charge in [0.05, 0.1) is 5.92 Å². The van der Waals surface area contributed by atoms with Crippen LogP contribution in [0.3, 0.4) is 0 Å². The zero-order valence-electron chi connectivity index (χ0n) is 11.6. The molecule has 0 bridgehead atoms. The fraction of sp³-hybridized carbons (Fsp3) is 0.583. The van der Waals surface area contributed by atoms with E-state index in [1.54, 1.807) is 25.1 Å². The van der Waals surface area contributed by atoms with Crippen LogP contribution >= 0.6 is 0 Å². The molecular formula is C12H16F3N5O. The van der Waals surface area contributed by atoms with Crippen LogP contribution in [0.1, 0.15) is 6.42 Å². The number of nitrogens with zero attached hydrogens (tertiary/aromatic N) is 3. The van der Waals surface area contributed by atoms with Gasteiger partial charge in [-0.3, -0.25) is 5.32 Å². The Labute approximate surface area is 119 Å². The minimum Gasteiger partial charge on any atom is -0.363 e. The number of aromatic nitrogens is 2. The van der Waals surface area contributed by atoms with Crippen molar-refractivity contribution in [3.05, 3.63) is 12.4 Å². The summed E-state index contributed by atoms with van der Waals surface area (Å²) in [4.78, 5) is 21.2. The van der Waals surface area contributed by atoms with E-state index in [1.165, 1.54) is 6.33 Å². The van der Waals surface area contributed by atoms with Crippen molar-refractivity contribution in [3.63, 3.8) is 0 Å². The first-order valence-electron chi connectivity index (χ1n) is 6.38. The Bertz CT molecular complexity index is 520. The van der Waals surface area contributed by atoms with Crippen LogP contribution in [0, 0.1) is 11.8 Å². The van der Waals surface area contributed by atoms with Crippen molar-refractivity contribution in [1.29, 1.82) is 0 Å². The van der Waals surface area contributed by atoms with E-state index in [-0.39, 0.29) is 18.8 Å². The topological polar surface area (TPSA) is 70.2 Å². The Kier molecular flexibility index (Phi) is 4.19. The molecule has 116 valence electrons. The van der Waals surface area contributed by atoms with Gasteiger partial charge >= 0.3 is 12.2 Å². The van der Waals surface area contributed by atoms with Crippen LogP contribution in [0.5, 0.6) is 0 Å². The second kappa shape index (κ2) is 5.74. The van der Waals surface area contributed by atoms with E-state index in [0.29, 0.717) is 5.82 Å². The molecule has 9 heteroatoms. The molecular weight excluding hydrogens is 287 g/mol. The van der Waals surface area contributed by atoms with Gasteiger partial charge in [0, 0.05) is 26.7 Å². The average Bonchev–Trinajstić information content (AvgIpc) is 3.16. The largest absolute Gasteiger partial charge is 0.392 e. The van der Waals surface area contributed by atoms with E-state index in [1.807, 2.05) is 0 Å². The Balaban J connectivity index is 1.79. The van der Waals surface area contributed by atoms with Crippen molar-refractivity contribution in [3.8, 4) is 0 Å². The number of alkyl halides is 3. The lowest BCUT2D eigenvalue weighted by atomic mass is 10.3. The van der Waals surface area contributed by atoms with Gasteiger partial charge in [-0.05, 0) is 12.3 Å². The highest BCUT2D eigenvalue weighted by atomic mass is 19.4. The highest BCUT2D eigenvalue weighted by molar-refractivity contribution is 5.88. The van der Waals surface area contributed by atoms with Gasteiger partial charge in [-0.15, -0.1) is 0 Å². The van der Waals surface area contributed by atoms with Crippen LogP contribution in [0.15, 0.2) is 12.4 Å². The predicted octanol–water partition coefficient (Wildman–Crippen LogP) is 1.86. The summed E-state index contributed by atoms with van der Waals surface area (Å²) in [6.07, 6.45) is -2.80. The molecule has 0 radical (unpaired) electrons. The first-order chi connectivity index (χ1) is 9.77. The standard InChI is InChI=1S/C12H16F3N5O/c1-20(2)10-4-9(17-6-18-10)19-11(21)16-5-7-3-8(7)12(13,14)15/h4,6-8H,3,5H2,1-2H3,(H2,16,17,18,19,21)/t7-,8+/m0/s1. The molecule has 0 aromatic carbocycles. The molecule has 1 heterocycles. The van der Waals surface area contributed by atoms with E-state index in [2.05, 4.69) is 20.6 Å². The van der Waals surface area contributed by atoms with Gasteiger partial charge in [0.1, 0.15) is 18.0 Å². The third kappa shape index (κ3) is 4.20. The summed E-state index contributed by atoms with van der Waals surface area (Å²) in [5, 5.41) is 4.88. The molecule has 1 fully saturated rings. The minimum absolute atomic E-state index is 0.00162. The lowest BCUT2D eigenvalue weighted by molar-refractivity contribution is -0.150. The molecule has 2 amide bonds. The average molecular weight is 303 g/mol. The van der Waals surface area contributed by atoms with Crippen LogP contribution in [-0.4, -0.2) is 42.8 Å². The van der Waals surface area contributed by atoms with Gasteiger partial charge in [0.25, 0.3) is 0 Å². The van der Waals surface area contributed by atoms with Crippen molar-refractivity contribution in [1.82, 2.24) is 15.3 Å². The van der Waals surface area contributed by atoms with Crippen molar-refractivity contribution < 1.29 is 18.0 Å². The molecule has 0 spiro atoms. The quantitative estimate of drug-likeness (QED) is 0.891. The normalized spacial score (nSPS) is 20.8. The van der Waals surface area contributed by atoms with Gasteiger partial charge in [-0.1, -0.05) is 0 Å². The van der Waals surface area contributed by atoms with E-state index >= 15 is 0 Å². The van der Waals surface area contributed by atoms with E-state index in [0.717, 1.165) is 0 Å². The number of hydrogen-bond acceptors (Lipinski definition) is 4. The molecule has 1 aliphatic carbocycles. The second-order valence-electron chi connectivity index (χ2n) is 5.13. The van der Waals surface area contributed by atoms with Gasteiger partial charge in [0.15, 0.2) is 0 Å². The maximum atomic E-state index is 12.3. The first kappa shape index (κ1) is 15.3.